The molecule has 0 amide bonds. The topological polar surface area (TPSA) is 101 Å². The minimum atomic E-state index is -0.976. The normalized spacial score (nSPS) is 15.4. The van der Waals surface area contributed by atoms with Crippen molar-refractivity contribution < 1.29 is 24.5 Å². The molecular weight excluding hydrogens is 488 g/mol. The maximum absolute atomic E-state index is 11.9. The number of nitrogens with one attached hydrogen (secondary N) is 1. The highest BCUT2D eigenvalue weighted by molar-refractivity contribution is 7.17. The lowest BCUT2D eigenvalue weighted by atomic mass is 10.00. The SMILES string of the molecule is O=C(O)c1sc(-c2ccc3c(c2)CC[C@H](CNC[C@H](O)COc2ccccc2)O3)nc1-c1ccccc1. The molecule has 7 nitrogen and oxygen atoms in total. The van der Waals surface area contributed by atoms with Gasteiger partial charge in [-0.15, -0.1) is 11.3 Å². The van der Waals surface area contributed by atoms with Crippen molar-refractivity contribution in [1.29, 1.82) is 0 Å². The van der Waals surface area contributed by atoms with E-state index >= 15 is 0 Å². The first-order valence-electron chi connectivity index (χ1n) is 12.2. The number of ether oxygens (including phenoxy) is 2. The summed E-state index contributed by atoms with van der Waals surface area (Å²) in [5.74, 6) is 0.588. The quantitative estimate of drug-likeness (QED) is 0.276. The first-order valence-corrected chi connectivity index (χ1v) is 13.0. The second-order valence-electron chi connectivity index (χ2n) is 8.91. The summed E-state index contributed by atoms with van der Waals surface area (Å²) in [6, 6.07) is 24.7. The van der Waals surface area contributed by atoms with Gasteiger partial charge in [0.1, 0.15) is 40.2 Å². The molecule has 3 N–H and O–H groups in total. The van der Waals surface area contributed by atoms with Gasteiger partial charge in [-0.2, -0.15) is 0 Å². The van der Waals surface area contributed by atoms with Gasteiger partial charge in [-0.1, -0.05) is 48.5 Å². The van der Waals surface area contributed by atoms with Crippen LogP contribution in [-0.2, 0) is 6.42 Å². The molecule has 2 heterocycles. The highest BCUT2D eigenvalue weighted by Gasteiger charge is 2.23. The molecule has 0 aliphatic carbocycles. The van der Waals surface area contributed by atoms with Crippen molar-refractivity contribution in [2.24, 2.45) is 0 Å². The van der Waals surface area contributed by atoms with Crippen LogP contribution < -0.4 is 14.8 Å². The summed E-state index contributed by atoms with van der Waals surface area (Å²) >= 11 is 1.19. The van der Waals surface area contributed by atoms with Gasteiger partial charge < -0.3 is 25.0 Å². The number of aliphatic hydroxyl groups is 1. The summed E-state index contributed by atoms with van der Waals surface area (Å²) < 4.78 is 11.8. The number of nitrogens with zero attached hydrogens (tertiary/aromatic N) is 1. The number of fused-ring (bicyclic) bond motifs is 1. The Labute approximate surface area is 219 Å². The van der Waals surface area contributed by atoms with Crippen LogP contribution in [0.3, 0.4) is 0 Å². The van der Waals surface area contributed by atoms with Gasteiger partial charge >= 0.3 is 5.97 Å². The van der Waals surface area contributed by atoms with Crippen LogP contribution in [0.1, 0.15) is 21.7 Å². The third-order valence-electron chi connectivity index (χ3n) is 6.14. The van der Waals surface area contributed by atoms with Crippen LogP contribution in [0.4, 0.5) is 0 Å². The standard InChI is InChI=1S/C29H28N2O5S/c32-22(18-35-23-9-5-2-6-10-23)16-30-17-24-13-11-20-15-21(12-14-25(20)36-24)28-31-26(27(37-28)29(33)34)19-7-3-1-4-8-19/h1-10,12,14-15,22,24,30,32H,11,13,16-18H2,(H,33,34)/t22-,24+/m0/s1. The first kappa shape index (κ1) is 25.0. The summed E-state index contributed by atoms with van der Waals surface area (Å²) in [5.41, 5.74) is 3.24. The van der Waals surface area contributed by atoms with Gasteiger partial charge in [-0.05, 0) is 48.7 Å². The number of aromatic carboxylic acids is 1. The van der Waals surface area contributed by atoms with Gasteiger partial charge in [0.2, 0.25) is 0 Å². The van der Waals surface area contributed by atoms with Crippen molar-refractivity contribution in [3.63, 3.8) is 0 Å². The molecule has 0 spiro atoms. The summed E-state index contributed by atoms with van der Waals surface area (Å²) in [6.45, 7) is 1.26. The maximum Gasteiger partial charge on any atom is 0.348 e. The molecule has 4 aromatic rings. The first-order chi connectivity index (χ1) is 18.1. The fourth-order valence-electron chi connectivity index (χ4n) is 4.28. The molecule has 0 saturated carbocycles. The lowest BCUT2D eigenvalue weighted by molar-refractivity contribution is 0.0702. The molecule has 0 saturated heterocycles. The highest BCUT2D eigenvalue weighted by atomic mass is 32.1. The number of carboxylic acids is 1. The number of carbonyl (C=O) groups is 1. The number of hydrogen-bond acceptors (Lipinski definition) is 7. The molecule has 2 atom stereocenters. The Bertz CT molecular complexity index is 1340. The monoisotopic (exact) mass is 516 g/mol. The Balaban J connectivity index is 1.18. The highest BCUT2D eigenvalue weighted by Crippen LogP contribution is 2.37. The summed E-state index contributed by atoms with van der Waals surface area (Å²) in [5, 5.41) is 23.9. The average molecular weight is 517 g/mol. The molecule has 8 heteroatoms. The number of aromatic nitrogens is 1. The molecule has 5 rings (SSSR count). The van der Waals surface area contributed by atoms with Crippen molar-refractivity contribution in [2.45, 2.75) is 25.0 Å². The number of aliphatic hydroxyl groups excluding tert-OH is 1. The zero-order valence-corrected chi connectivity index (χ0v) is 21.0. The van der Waals surface area contributed by atoms with Gasteiger partial charge in [-0.25, -0.2) is 9.78 Å². The van der Waals surface area contributed by atoms with E-state index in [1.165, 1.54) is 11.3 Å². The Morgan fingerprint density at radius 2 is 1.84 bits per heavy atom. The van der Waals surface area contributed by atoms with E-state index in [2.05, 4.69) is 10.3 Å². The molecule has 0 unspecified atom stereocenters. The van der Waals surface area contributed by atoms with Gasteiger partial charge in [0.25, 0.3) is 0 Å². The van der Waals surface area contributed by atoms with E-state index in [1.54, 1.807) is 0 Å². The Morgan fingerprint density at radius 3 is 2.59 bits per heavy atom. The van der Waals surface area contributed by atoms with E-state index in [0.29, 0.717) is 23.8 Å². The van der Waals surface area contributed by atoms with Crippen LogP contribution in [0.2, 0.25) is 0 Å². The summed E-state index contributed by atoms with van der Waals surface area (Å²) in [4.78, 5) is 16.8. The maximum atomic E-state index is 11.9. The van der Waals surface area contributed by atoms with Gasteiger partial charge in [0.05, 0.1) is 5.69 Å². The molecule has 1 aliphatic rings. The van der Waals surface area contributed by atoms with Gasteiger partial charge in [0.15, 0.2) is 0 Å². The number of rotatable bonds is 10. The zero-order chi connectivity index (χ0) is 25.6. The Hall–Kier alpha value is -3.72. The predicted octanol–water partition coefficient (Wildman–Crippen LogP) is 4.90. The van der Waals surface area contributed by atoms with Crippen LogP contribution >= 0.6 is 11.3 Å². The number of carboxylic acid groups (broad SMARTS) is 1. The van der Waals surface area contributed by atoms with Gasteiger partial charge in [0, 0.05) is 24.2 Å². The van der Waals surface area contributed by atoms with E-state index in [9.17, 15) is 15.0 Å². The largest absolute Gasteiger partial charge is 0.491 e. The molecular formula is C29H28N2O5S. The Morgan fingerprint density at radius 1 is 1.08 bits per heavy atom. The number of thiazole rings is 1. The number of para-hydroxylation sites is 1. The van der Waals surface area contributed by atoms with E-state index < -0.39 is 12.1 Å². The van der Waals surface area contributed by atoms with Crippen LogP contribution in [0.5, 0.6) is 11.5 Å². The summed E-state index contributed by atoms with van der Waals surface area (Å²) in [7, 11) is 0. The fraction of sp³-hybridized carbons (Fsp3) is 0.241. The zero-order valence-electron chi connectivity index (χ0n) is 20.2. The number of hydrogen-bond donors (Lipinski definition) is 3. The predicted molar refractivity (Wildman–Crippen MR) is 143 cm³/mol. The average Bonchev–Trinajstić information content (AvgIpc) is 3.39. The Kier molecular flexibility index (Phi) is 7.79. The van der Waals surface area contributed by atoms with Crippen LogP contribution in [0.25, 0.3) is 21.8 Å². The number of benzene rings is 3. The van der Waals surface area contributed by atoms with Crippen molar-refractivity contribution in [3.8, 4) is 33.3 Å². The lowest BCUT2D eigenvalue weighted by Gasteiger charge is -2.27. The third kappa shape index (κ3) is 6.17. The molecule has 190 valence electrons. The number of aryl methyl sites for hydroxylation is 1. The smallest absolute Gasteiger partial charge is 0.348 e. The third-order valence-corrected chi connectivity index (χ3v) is 7.24. The van der Waals surface area contributed by atoms with Crippen molar-refractivity contribution >= 4 is 17.3 Å². The van der Waals surface area contributed by atoms with Gasteiger partial charge in [-0.3, -0.25) is 0 Å². The molecule has 0 bridgehead atoms. The fourth-order valence-corrected chi connectivity index (χ4v) is 5.20. The second kappa shape index (κ2) is 11.6. The van der Waals surface area contributed by atoms with Crippen LogP contribution in [-0.4, -0.2) is 53.1 Å². The van der Waals surface area contributed by atoms with E-state index in [1.807, 2.05) is 78.9 Å². The minimum absolute atomic E-state index is 0.00347. The van der Waals surface area contributed by atoms with Crippen molar-refractivity contribution in [3.05, 3.63) is 89.3 Å². The molecule has 0 radical (unpaired) electrons. The molecule has 37 heavy (non-hydrogen) atoms. The van der Waals surface area contributed by atoms with E-state index in [0.717, 1.165) is 41.0 Å². The molecule has 1 aromatic heterocycles. The van der Waals surface area contributed by atoms with E-state index in [4.69, 9.17) is 9.47 Å². The lowest BCUT2D eigenvalue weighted by Crippen LogP contribution is -2.39. The van der Waals surface area contributed by atoms with Crippen molar-refractivity contribution in [2.75, 3.05) is 19.7 Å². The van der Waals surface area contributed by atoms with Crippen LogP contribution in [0.15, 0.2) is 78.9 Å². The van der Waals surface area contributed by atoms with Crippen LogP contribution in [0, 0.1) is 0 Å². The summed E-state index contributed by atoms with van der Waals surface area (Å²) in [6.07, 6.45) is 1.07. The molecule has 1 aliphatic heterocycles. The van der Waals surface area contributed by atoms with Crippen molar-refractivity contribution in [1.82, 2.24) is 10.3 Å². The second-order valence-corrected chi connectivity index (χ2v) is 9.90. The molecule has 0 fully saturated rings. The minimum Gasteiger partial charge on any atom is -0.491 e. The molecule has 3 aromatic carbocycles. The van der Waals surface area contributed by atoms with E-state index in [-0.39, 0.29) is 17.6 Å².